The number of ether oxygens (including phenoxy) is 1. The maximum atomic E-state index is 12.6. The molecule has 2 aromatic rings. The van der Waals surface area contributed by atoms with Gasteiger partial charge in [-0.25, -0.2) is 0 Å². The minimum absolute atomic E-state index is 0.126. The van der Waals surface area contributed by atoms with Crippen molar-refractivity contribution in [1.29, 1.82) is 0 Å². The van der Waals surface area contributed by atoms with Crippen molar-refractivity contribution in [1.82, 2.24) is 4.90 Å². The van der Waals surface area contributed by atoms with Gasteiger partial charge in [0.1, 0.15) is 15.8 Å². The molecule has 23 heavy (non-hydrogen) atoms. The fraction of sp³-hybridized carbons (Fsp3) is 0.125. The standard InChI is InChI=1S/C16H12BrNO3S2/c1-20-13-5-4-11(17)7-10(13)8-14-15(19)18(16(22)23-14)9-12-3-2-6-21-12/h2-8H,9H2,1H3/b14-8+. The SMILES string of the molecule is COc1ccc(Br)cc1/C=C1/SC(=S)N(Cc2ccco2)C1=O. The van der Waals surface area contributed by atoms with Gasteiger partial charge in [0.25, 0.3) is 5.91 Å². The number of hydrogen-bond acceptors (Lipinski definition) is 5. The summed E-state index contributed by atoms with van der Waals surface area (Å²) in [7, 11) is 1.60. The molecule has 0 N–H and O–H groups in total. The molecule has 1 aliphatic rings. The molecule has 0 aliphatic carbocycles. The Kier molecular flexibility index (Phi) is 4.89. The topological polar surface area (TPSA) is 42.7 Å². The van der Waals surface area contributed by atoms with E-state index in [4.69, 9.17) is 21.4 Å². The monoisotopic (exact) mass is 409 g/mol. The van der Waals surface area contributed by atoms with Crippen LogP contribution in [0.5, 0.6) is 5.75 Å². The van der Waals surface area contributed by atoms with Gasteiger partial charge in [0, 0.05) is 10.0 Å². The fourth-order valence-corrected chi connectivity index (χ4v) is 3.78. The van der Waals surface area contributed by atoms with Gasteiger partial charge in [0.05, 0.1) is 24.8 Å². The van der Waals surface area contributed by atoms with Crippen molar-refractivity contribution in [2.75, 3.05) is 7.11 Å². The number of furan rings is 1. The van der Waals surface area contributed by atoms with E-state index in [1.807, 2.05) is 24.3 Å². The summed E-state index contributed by atoms with van der Waals surface area (Å²) in [5.74, 6) is 1.27. The summed E-state index contributed by atoms with van der Waals surface area (Å²) in [5, 5.41) is 0. The van der Waals surface area contributed by atoms with Crippen molar-refractivity contribution in [3.8, 4) is 5.75 Å². The lowest BCUT2D eigenvalue weighted by atomic mass is 10.2. The number of rotatable bonds is 4. The van der Waals surface area contributed by atoms with E-state index in [1.54, 1.807) is 25.5 Å². The molecule has 7 heteroatoms. The zero-order valence-electron chi connectivity index (χ0n) is 12.1. The third kappa shape index (κ3) is 3.52. The van der Waals surface area contributed by atoms with Gasteiger partial charge in [0.15, 0.2) is 0 Å². The first-order chi connectivity index (χ1) is 11.1. The molecule has 1 amide bonds. The smallest absolute Gasteiger partial charge is 0.266 e. The van der Waals surface area contributed by atoms with E-state index in [0.29, 0.717) is 27.3 Å². The van der Waals surface area contributed by atoms with Crippen LogP contribution in [0.25, 0.3) is 6.08 Å². The average molecular weight is 410 g/mol. The van der Waals surface area contributed by atoms with Crippen molar-refractivity contribution >= 4 is 56.2 Å². The summed E-state index contributed by atoms with van der Waals surface area (Å²) in [6, 6.07) is 9.24. The molecule has 3 rings (SSSR count). The fourth-order valence-electron chi connectivity index (χ4n) is 2.15. The number of carbonyl (C=O) groups excluding carboxylic acids is 1. The van der Waals surface area contributed by atoms with Gasteiger partial charge in [-0.3, -0.25) is 9.69 Å². The highest BCUT2D eigenvalue weighted by atomic mass is 79.9. The summed E-state index contributed by atoms with van der Waals surface area (Å²) in [6.07, 6.45) is 3.38. The number of thiocarbonyl (C=S) groups is 1. The molecule has 0 spiro atoms. The van der Waals surface area contributed by atoms with E-state index in [0.717, 1.165) is 10.0 Å². The summed E-state index contributed by atoms with van der Waals surface area (Å²) in [6.45, 7) is 0.338. The third-order valence-corrected chi connectivity index (χ3v) is 5.12. The van der Waals surface area contributed by atoms with Crippen LogP contribution in [0.3, 0.4) is 0 Å². The van der Waals surface area contributed by atoms with Crippen LogP contribution in [0.1, 0.15) is 11.3 Å². The molecule has 2 heterocycles. The first kappa shape index (κ1) is 16.3. The lowest BCUT2D eigenvalue weighted by Gasteiger charge is -2.12. The van der Waals surface area contributed by atoms with E-state index in [-0.39, 0.29) is 5.91 Å². The van der Waals surface area contributed by atoms with Crippen LogP contribution in [-0.4, -0.2) is 22.2 Å². The van der Waals surface area contributed by atoms with E-state index in [2.05, 4.69) is 15.9 Å². The van der Waals surface area contributed by atoms with Crippen LogP contribution < -0.4 is 4.74 Å². The van der Waals surface area contributed by atoms with Crippen LogP contribution in [0.2, 0.25) is 0 Å². The molecule has 0 radical (unpaired) electrons. The number of halogens is 1. The number of benzene rings is 1. The molecule has 1 saturated heterocycles. The van der Waals surface area contributed by atoms with Gasteiger partial charge in [-0.2, -0.15) is 0 Å². The second-order valence-corrected chi connectivity index (χ2v) is 7.32. The molecular formula is C16H12BrNO3S2. The Bertz CT molecular complexity index is 787. The van der Waals surface area contributed by atoms with Crippen LogP contribution >= 0.6 is 39.9 Å². The second kappa shape index (κ2) is 6.90. The Morgan fingerprint density at radius 2 is 2.26 bits per heavy atom. The molecule has 0 saturated carbocycles. The number of methoxy groups -OCH3 is 1. The van der Waals surface area contributed by atoms with Gasteiger partial charge in [-0.15, -0.1) is 0 Å². The zero-order valence-corrected chi connectivity index (χ0v) is 15.3. The number of amides is 1. The van der Waals surface area contributed by atoms with Crippen LogP contribution in [0, 0.1) is 0 Å². The highest BCUT2D eigenvalue weighted by Gasteiger charge is 2.32. The summed E-state index contributed by atoms with van der Waals surface area (Å²) >= 11 is 10.0. The maximum absolute atomic E-state index is 12.6. The maximum Gasteiger partial charge on any atom is 0.266 e. The highest BCUT2D eigenvalue weighted by molar-refractivity contribution is 9.10. The zero-order chi connectivity index (χ0) is 16.4. The largest absolute Gasteiger partial charge is 0.496 e. The van der Waals surface area contributed by atoms with E-state index >= 15 is 0 Å². The van der Waals surface area contributed by atoms with Gasteiger partial charge >= 0.3 is 0 Å². The summed E-state index contributed by atoms with van der Waals surface area (Å²) in [5.41, 5.74) is 0.820. The third-order valence-electron chi connectivity index (χ3n) is 3.25. The lowest BCUT2D eigenvalue weighted by molar-refractivity contribution is -0.122. The normalized spacial score (nSPS) is 16.4. The highest BCUT2D eigenvalue weighted by Crippen LogP contribution is 2.35. The van der Waals surface area contributed by atoms with Crippen molar-refractivity contribution < 1.29 is 13.9 Å². The van der Waals surface area contributed by atoms with E-state index in [1.165, 1.54) is 16.7 Å². The Balaban J connectivity index is 1.88. The first-order valence-corrected chi connectivity index (χ1v) is 8.71. The van der Waals surface area contributed by atoms with Crippen LogP contribution in [0.15, 0.2) is 50.4 Å². The van der Waals surface area contributed by atoms with Crippen molar-refractivity contribution in [3.63, 3.8) is 0 Å². The molecule has 0 bridgehead atoms. The van der Waals surface area contributed by atoms with Gasteiger partial charge in [-0.1, -0.05) is 39.9 Å². The number of nitrogens with zero attached hydrogens (tertiary/aromatic N) is 1. The number of thioether (sulfide) groups is 1. The molecule has 118 valence electrons. The van der Waals surface area contributed by atoms with Crippen molar-refractivity contribution in [2.45, 2.75) is 6.54 Å². The summed E-state index contributed by atoms with van der Waals surface area (Å²) < 4.78 is 12.1. The number of carbonyl (C=O) groups is 1. The molecule has 0 atom stereocenters. The quantitative estimate of drug-likeness (QED) is 0.550. The lowest BCUT2D eigenvalue weighted by Crippen LogP contribution is -2.27. The molecular weight excluding hydrogens is 398 g/mol. The van der Waals surface area contributed by atoms with E-state index < -0.39 is 0 Å². The predicted molar refractivity (Wildman–Crippen MR) is 98.1 cm³/mol. The molecule has 0 unspecified atom stereocenters. The number of hydrogen-bond donors (Lipinski definition) is 0. The predicted octanol–water partition coefficient (Wildman–Crippen LogP) is 4.45. The minimum atomic E-state index is -0.126. The van der Waals surface area contributed by atoms with Crippen molar-refractivity contribution in [3.05, 3.63) is 57.3 Å². The van der Waals surface area contributed by atoms with E-state index in [9.17, 15) is 4.79 Å². The molecule has 1 aromatic heterocycles. The van der Waals surface area contributed by atoms with Gasteiger partial charge in [-0.05, 0) is 36.4 Å². The van der Waals surface area contributed by atoms with Crippen molar-refractivity contribution in [2.24, 2.45) is 0 Å². The molecule has 4 nitrogen and oxygen atoms in total. The van der Waals surface area contributed by atoms with Crippen LogP contribution in [0.4, 0.5) is 0 Å². The molecule has 1 fully saturated rings. The Morgan fingerprint density at radius 3 is 2.96 bits per heavy atom. The Labute approximate surface area is 151 Å². The average Bonchev–Trinajstić information content (AvgIpc) is 3.12. The first-order valence-electron chi connectivity index (χ1n) is 6.70. The Morgan fingerprint density at radius 1 is 1.43 bits per heavy atom. The second-order valence-electron chi connectivity index (χ2n) is 4.73. The summed E-state index contributed by atoms with van der Waals surface area (Å²) in [4.78, 5) is 14.7. The Hall–Kier alpha value is -1.57. The van der Waals surface area contributed by atoms with Gasteiger partial charge < -0.3 is 9.15 Å². The minimum Gasteiger partial charge on any atom is -0.496 e. The van der Waals surface area contributed by atoms with Crippen LogP contribution in [-0.2, 0) is 11.3 Å². The molecule has 1 aliphatic heterocycles. The molecule has 1 aromatic carbocycles. The van der Waals surface area contributed by atoms with Gasteiger partial charge in [0.2, 0.25) is 0 Å².